The first-order valence-electron chi connectivity index (χ1n) is 28.7. The van der Waals surface area contributed by atoms with Gasteiger partial charge in [-0.1, -0.05) is 131 Å². The number of hydrogen-bond donors (Lipinski definition) is 2. The Balaban J connectivity index is 0.691. The van der Waals surface area contributed by atoms with Gasteiger partial charge >= 0.3 is 0 Å². The average Bonchev–Trinajstić information content (AvgIpc) is 3.81. The Kier molecular flexibility index (Phi) is 16.4. The molecule has 64 heavy (non-hydrogen) atoms. The van der Waals surface area contributed by atoms with Crippen LogP contribution in [0.2, 0.25) is 0 Å². The first-order chi connectivity index (χ1) is 30.7. The summed E-state index contributed by atoms with van der Waals surface area (Å²) in [6.45, 7) is 30.6. The van der Waals surface area contributed by atoms with Crippen LogP contribution < -0.4 is 10.6 Å². The molecule has 14 unspecified atom stereocenters. The predicted octanol–water partition coefficient (Wildman–Crippen LogP) is 15.0. The van der Waals surface area contributed by atoms with Crippen LogP contribution in [0.15, 0.2) is 23.3 Å². The molecule has 0 saturated heterocycles. The van der Waals surface area contributed by atoms with Gasteiger partial charge in [-0.2, -0.15) is 0 Å². The van der Waals surface area contributed by atoms with E-state index in [-0.39, 0.29) is 0 Å². The largest absolute Gasteiger partial charge is 0.378 e. The topological polar surface area (TPSA) is 42.5 Å². The van der Waals surface area contributed by atoms with Gasteiger partial charge in [-0.05, 0) is 195 Å². The molecule has 6 saturated carbocycles. The molecule has 0 aliphatic heterocycles. The summed E-state index contributed by atoms with van der Waals surface area (Å²) in [6, 6.07) is 1.22. The minimum absolute atomic E-state index is 0.434. The quantitative estimate of drug-likeness (QED) is 0.0890. The van der Waals surface area contributed by atoms with E-state index in [2.05, 4.69) is 92.0 Å². The van der Waals surface area contributed by atoms with Gasteiger partial charge in [-0.25, -0.2) is 0 Å². The summed E-state index contributed by atoms with van der Waals surface area (Å²) >= 11 is 0. The second kappa shape index (κ2) is 21.1. The van der Waals surface area contributed by atoms with Crippen molar-refractivity contribution in [1.82, 2.24) is 10.6 Å². The molecular formula is C60H104N2O2. The van der Waals surface area contributed by atoms with Gasteiger partial charge in [0.1, 0.15) is 0 Å². The molecule has 8 aliphatic carbocycles. The summed E-state index contributed by atoms with van der Waals surface area (Å²) in [5.74, 6) is 11.0. The van der Waals surface area contributed by atoms with Crippen molar-refractivity contribution in [2.75, 3.05) is 39.5 Å². The lowest BCUT2D eigenvalue weighted by molar-refractivity contribution is -0.0517. The molecule has 2 N–H and O–H groups in total. The molecule has 4 nitrogen and oxygen atoms in total. The molecule has 0 aromatic rings. The predicted molar refractivity (Wildman–Crippen MR) is 271 cm³/mol. The highest BCUT2D eigenvalue weighted by Gasteiger charge is 2.61. The van der Waals surface area contributed by atoms with Crippen molar-refractivity contribution in [1.29, 1.82) is 0 Å². The van der Waals surface area contributed by atoms with Crippen molar-refractivity contribution in [3.63, 3.8) is 0 Å². The fourth-order valence-electron chi connectivity index (χ4n) is 18.7. The van der Waals surface area contributed by atoms with Crippen LogP contribution in [-0.2, 0) is 9.47 Å². The second-order valence-electron chi connectivity index (χ2n) is 26.6. The van der Waals surface area contributed by atoms with E-state index in [1.165, 1.54) is 141 Å². The Morgan fingerprint density at radius 2 is 0.922 bits per heavy atom. The molecular weight excluding hydrogens is 781 g/mol. The van der Waals surface area contributed by atoms with Crippen LogP contribution >= 0.6 is 0 Å². The maximum atomic E-state index is 6.08. The summed E-state index contributed by atoms with van der Waals surface area (Å²) < 4.78 is 12.2. The zero-order chi connectivity index (χ0) is 45.3. The molecule has 8 rings (SSSR count). The Labute approximate surface area is 396 Å². The van der Waals surface area contributed by atoms with Gasteiger partial charge in [0.15, 0.2) is 0 Å². The molecule has 0 radical (unpaired) electrons. The van der Waals surface area contributed by atoms with Crippen molar-refractivity contribution in [2.45, 2.75) is 223 Å². The fraction of sp³-hybridized carbons (Fsp3) is 0.933. The van der Waals surface area contributed by atoms with Gasteiger partial charge in [0, 0.05) is 25.2 Å². The summed E-state index contributed by atoms with van der Waals surface area (Å²) in [5.41, 5.74) is 5.64. The second-order valence-corrected chi connectivity index (χ2v) is 26.6. The molecule has 0 spiro atoms. The van der Waals surface area contributed by atoms with Crippen LogP contribution in [0.1, 0.15) is 210 Å². The van der Waals surface area contributed by atoms with E-state index in [0.717, 1.165) is 97.3 Å². The van der Waals surface area contributed by atoms with E-state index >= 15 is 0 Å². The van der Waals surface area contributed by atoms with E-state index in [1.807, 2.05) is 0 Å². The Morgan fingerprint density at radius 1 is 0.500 bits per heavy atom. The normalized spacial score (nSPS) is 42.5. The first-order valence-corrected chi connectivity index (χ1v) is 28.7. The third-order valence-electron chi connectivity index (χ3n) is 22.3. The van der Waals surface area contributed by atoms with Crippen molar-refractivity contribution in [3.05, 3.63) is 23.3 Å². The van der Waals surface area contributed by atoms with Gasteiger partial charge in [0.25, 0.3) is 0 Å². The molecule has 366 valence electrons. The standard InChI is InChI=1S/C60H104N2O2/c1-41(2)13-11-15-43(5)51-21-23-53-49-19-17-45-39-47(25-29-57(45,7)55(49)27-31-59(51,53)9)61-33-35-63-37-38-64-36-34-62-48-26-30-58(8)46(40-48)18-20-50-54-24-22-52(44(6)16-12-14-42(3)4)60(54,10)32-28-56(50)58/h17-18,41-44,47-56,61-62H,11-16,19-40H2,1-10H3/t43?,44?,47?,48?,49?,50?,51-,52?,53?,54?,55?,56?,57+,58?,59?,60?/m1/s1. The van der Waals surface area contributed by atoms with Crippen LogP contribution in [0.25, 0.3) is 0 Å². The molecule has 0 amide bonds. The number of allylic oxidation sites excluding steroid dienone is 2. The van der Waals surface area contributed by atoms with Crippen molar-refractivity contribution >= 4 is 0 Å². The van der Waals surface area contributed by atoms with E-state index in [1.54, 1.807) is 11.1 Å². The fourth-order valence-corrected chi connectivity index (χ4v) is 18.7. The third-order valence-corrected chi connectivity index (χ3v) is 22.3. The number of hydrogen-bond acceptors (Lipinski definition) is 4. The Morgan fingerprint density at radius 3 is 1.33 bits per heavy atom. The van der Waals surface area contributed by atoms with E-state index in [9.17, 15) is 0 Å². The summed E-state index contributed by atoms with van der Waals surface area (Å²) in [6.07, 6.45) is 36.6. The number of ether oxygens (including phenoxy) is 2. The van der Waals surface area contributed by atoms with Crippen molar-refractivity contribution < 1.29 is 9.47 Å². The summed E-state index contributed by atoms with van der Waals surface area (Å²) in [4.78, 5) is 0. The smallest absolute Gasteiger partial charge is 0.0701 e. The van der Waals surface area contributed by atoms with Crippen LogP contribution in [0.3, 0.4) is 0 Å². The Bertz CT molecular complexity index is 1450. The van der Waals surface area contributed by atoms with Crippen LogP contribution in [0.5, 0.6) is 0 Å². The average molecular weight is 886 g/mol. The van der Waals surface area contributed by atoms with Gasteiger partial charge in [-0.15, -0.1) is 0 Å². The number of nitrogens with one attached hydrogen (secondary N) is 2. The molecule has 0 heterocycles. The van der Waals surface area contributed by atoms with Gasteiger partial charge in [0.05, 0.1) is 26.4 Å². The summed E-state index contributed by atoms with van der Waals surface area (Å²) in [7, 11) is 0. The highest BCUT2D eigenvalue weighted by molar-refractivity contribution is 5.27. The van der Waals surface area contributed by atoms with Crippen molar-refractivity contribution in [3.8, 4) is 0 Å². The van der Waals surface area contributed by atoms with Gasteiger partial charge in [-0.3, -0.25) is 0 Å². The molecule has 16 atom stereocenters. The van der Waals surface area contributed by atoms with Crippen LogP contribution in [-0.4, -0.2) is 51.6 Å². The van der Waals surface area contributed by atoms with Crippen LogP contribution in [0.4, 0.5) is 0 Å². The maximum Gasteiger partial charge on any atom is 0.0701 e. The highest BCUT2D eigenvalue weighted by atomic mass is 16.5. The lowest BCUT2D eigenvalue weighted by Crippen LogP contribution is -2.52. The van der Waals surface area contributed by atoms with E-state index in [0.29, 0.717) is 47.0 Å². The minimum Gasteiger partial charge on any atom is -0.378 e. The zero-order valence-corrected chi connectivity index (χ0v) is 43.9. The SMILES string of the molecule is CC(C)CCCC(C)C1CCC2C3CC=C4CC(NCCOCCOCCNC5CC[C@@]6(C)C(=CCC7C8CC[C@H](C(C)CCCC(C)C)C8(C)CCC76)C5)CCC4(C)C3CCC12C. The Hall–Kier alpha value is -0.680. The molecule has 0 aromatic heterocycles. The number of fused-ring (bicyclic) bond motifs is 10. The molecule has 0 bridgehead atoms. The monoisotopic (exact) mass is 885 g/mol. The van der Waals surface area contributed by atoms with E-state index < -0.39 is 0 Å². The third kappa shape index (κ3) is 10.1. The minimum atomic E-state index is 0.434. The molecule has 4 heteroatoms. The summed E-state index contributed by atoms with van der Waals surface area (Å²) in [5, 5.41) is 7.84. The van der Waals surface area contributed by atoms with Crippen molar-refractivity contribution in [2.24, 2.45) is 92.7 Å². The number of rotatable bonds is 21. The molecule has 6 fully saturated rings. The molecule has 8 aliphatic rings. The highest BCUT2D eigenvalue weighted by Crippen LogP contribution is 2.69. The van der Waals surface area contributed by atoms with Gasteiger partial charge < -0.3 is 20.1 Å². The van der Waals surface area contributed by atoms with E-state index in [4.69, 9.17) is 9.47 Å². The lowest BCUT2D eigenvalue weighted by Gasteiger charge is -2.58. The zero-order valence-electron chi connectivity index (χ0n) is 43.9. The lowest BCUT2D eigenvalue weighted by atomic mass is 9.47. The van der Waals surface area contributed by atoms with Gasteiger partial charge in [0.2, 0.25) is 0 Å². The maximum absolute atomic E-state index is 6.08. The first kappa shape index (κ1) is 49.7. The van der Waals surface area contributed by atoms with Crippen LogP contribution in [0, 0.1) is 92.7 Å². The molecule has 0 aromatic carbocycles.